The van der Waals surface area contributed by atoms with Crippen molar-refractivity contribution in [3.8, 4) is 0 Å². The van der Waals surface area contributed by atoms with E-state index < -0.39 is 6.10 Å². The topological polar surface area (TPSA) is 78.9 Å². The quantitative estimate of drug-likeness (QED) is 0.0288. The van der Waals surface area contributed by atoms with E-state index in [1.165, 1.54) is 25.7 Å². The van der Waals surface area contributed by atoms with Gasteiger partial charge < -0.3 is 14.2 Å². The molecule has 0 N–H and O–H groups in total. The third-order valence-electron chi connectivity index (χ3n) is 7.93. The van der Waals surface area contributed by atoms with Crippen LogP contribution in [0.25, 0.3) is 0 Å². The minimum absolute atomic E-state index is 0.110. The number of carbonyl (C=O) groups excluding carboxylic acids is 3. The first-order valence-electron chi connectivity index (χ1n) is 19.9. The van der Waals surface area contributed by atoms with Gasteiger partial charge in [-0.1, -0.05) is 126 Å². The van der Waals surface area contributed by atoms with Crippen molar-refractivity contribution in [3.05, 3.63) is 72.9 Å². The van der Waals surface area contributed by atoms with Crippen molar-refractivity contribution in [2.75, 3.05) is 13.2 Å². The zero-order chi connectivity index (χ0) is 36.6. The second kappa shape index (κ2) is 38.6. The first-order valence-corrected chi connectivity index (χ1v) is 19.9. The van der Waals surface area contributed by atoms with Crippen molar-refractivity contribution in [3.63, 3.8) is 0 Å². The molecule has 50 heavy (non-hydrogen) atoms. The number of ether oxygens (including phenoxy) is 3. The standard InChI is InChI=1S/C44H72O6/c1-4-7-10-13-16-19-21-23-25-28-31-34-37-43(46)49-40-41(39-48-42(45)36-33-30-27-24-18-15-12-9-6-3)50-44(47)38-35-32-29-26-22-20-17-14-11-8-5-2/h7,9-10,12,14,16-19,23-25,41H,4-6,8,11,13,15,20-22,26-40H2,1-3H3/b10-7-,12-9-,17-14-,19-16-,24-18-,25-23-. The van der Waals surface area contributed by atoms with E-state index in [0.717, 1.165) is 103 Å². The van der Waals surface area contributed by atoms with Crippen LogP contribution in [0.3, 0.4) is 0 Å². The van der Waals surface area contributed by atoms with Crippen molar-refractivity contribution in [2.24, 2.45) is 0 Å². The maximum absolute atomic E-state index is 12.6. The van der Waals surface area contributed by atoms with Crippen LogP contribution in [0.1, 0.15) is 168 Å². The molecular weight excluding hydrogens is 624 g/mol. The molecule has 6 heteroatoms. The van der Waals surface area contributed by atoms with Crippen LogP contribution >= 0.6 is 0 Å². The van der Waals surface area contributed by atoms with E-state index in [-0.39, 0.29) is 31.1 Å². The Morgan fingerprint density at radius 2 is 0.780 bits per heavy atom. The summed E-state index contributed by atoms with van der Waals surface area (Å²) in [6, 6.07) is 0. The highest BCUT2D eigenvalue weighted by Crippen LogP contribution is 2.11. The molecule has 0 aromatic carbocycles. The van der Waals surface area contributed by atoms with Crippen LogP contribution in [-0.2, 0) is 28.6 Å². The monoisotopic (exact) mass is 697 g/mol. The first kappa shape index (κ1) is 46.9. The number of unbranched alkanes of at least 4 members (excludes halogenated alkanes) is 11. The second-order valence-corrected chi connectivity index (χ2v) is 12.8. The van der Waals surface area contributed by atoms with Gasteiger partial charge in [0.2, 0.25) is 0 Å². The fraction of sp³-hybridized carbons (Fsp3) is 0.659. The zero-order valence-electron chi connectivity index (χ0n) is 32.1. The minimum Gasteiger partial charge on any atom is -0.462 e. The van der Waals surface area contributed by atoms with E-state index in [9.17, 15) is 14.4 Å². The average molecular weight is 697 g/mol. The second-order valence-electron chi connectivity index (χ2n) is 12.8. The summed E-state index contributed by atoms with van der Waals surface area (Å²) in [5.41, 5.74) is 0. The molecule has 0 aliphatic carbocycles. The molecule has 0 saturated carbocycles. The van der Waals surface area contributed by atoms with Crippen molar-refractivity contribution in [1.82, 2.24) is 0 Å². The highest BCUT2D eigenvalue weighted by Gasteiger charge is 2.19. The Balaban J connectivity index is 4.50. The van der Waals surface area contributed by atoms with Gasteiger partial charge in [-0.3, -0.25) is 14.4 Å². The first-order chi connectivity index (χ1) is 24.5. The van der Waals surface area contributed by atoms with E-state index in [1.807, 2.05) is 0 Å². The van der Waals surface area contributed by atoms with E-state index in [0.29, 0.717) is 19.3 Å². The summed E-state index contributed by atoms with van der Waals surface area (Å²) in [6.07, 6.45) is 46.2. The zero-order valence-corrected chi connectivity index (χ0v) is 32.1. The van der Waals surface area contributed by atoms with Gasteiger partial charge in [0.25, 0.3) is 0 Å². The molecule has 0 aliphatic heterocycles. The fourth-order valence-electron chi connectivity index (χ4n) is 4.94. The van der Waals surface area contributed by atoms with Gasteiger partial charge in [-0.05, 0) is 96.3 Å². The molecule has 1 unspecified atom stereocenters. The predicted octanol–water partition coefficient (Wildman–Crippen LogP) is 12.4. The van der Waals surface area contributed by atoms with Crippen LogP contribution in [-0.4, -0.2) is 37.2 Å². The van der Waals surface area contributed by atoms with Gasteiger partial charge >= 0.3 is 17.9 Å². The number of carbonyl (C=O) groups is 3. The van der Waals surface area contributed by atoms with Gasteiger partial charge in [0.05, 0.1) is 0 Å². The van der Waals surface area contributed by atoms with Gasteiger partial charge in [-0.2, -0.15) is 0 Å². The molecule has 0 aromatic rings. The average Bonchev–Trinajstić information content (AvgIpc) is 3.11. The molecule has 0 saturated heterocycles. The predicted molar refractivity (Wildman–Crippen MR) is 210 cm³/mol. The summed E-state index contributed by atoms with van der Waals surface area (Å²) in [5, 5.41) is 0. The molecule has 0 aliphatic rings. The lowest BCUT2D eigenvalue weighted by Gasteiger charge is -2.18. The molecule has 0 aromatic heterocycles. The van der Waals surface area contributed by atoms with Gasteiger partial charge in [-0.15, -0.1) is 0 Å². The minimum atomic E-state index is -0.803. The van der Waals surface area contributed by atoms with Gasteiger partial charge in [0, 0.05) is 19.3 Å². The molecular formula is C44H72O6. The number of hydrogen-bond acceptors (Lipinski definition) is 6. The maximum Gasteiger partial charge on any atom is 0.306 e. The lowest BCUT2D eigenvalue weighted by molar-refractivity contribution is -0.167. The van der Waals surface area contributed by atoms with Crippen LogP contribution < -0.4 is 0 Å². The Bertz CT molecular complexity index is 986. The summed E-state index contributed by atoms with van der Waals surface area (Å²) in [5.74, 6) is -1.01. The molecule has 0 spiro atoms. The Kier molecular flexibility index (Phi) is 36.2. The highest BCUT2D eigenvalue weighted by atomic mass is 16.6. The molecule has 0 fully saturated rings. The third-order valence-corrected chi connectivity index (χ3v) is 7.93. The molecule has 0 amide bonds. The number of allylic oxidation sites excluding steroid dienone is 12. The molecule has 6 nitrogen and oxygen atoms in total. The van der Waals surface area contributed by atoms with Gasteiger partial charge in [0.15, 0.2) is 6.10 Å². The van der Waals surface area contributed by atoms with Crippen molar-refractivity contribution in [1.29, 1.82) is 0 Å². The Morgan fingerprint density at radius 1 is 0.420 bits per heavy atom. The van der Waals surface area contributed by atoms with E-state index in [2.05, 4.69) is 93.7 Å². The summed E-state index contributed by atoms with van der Waals surface area (Å²) in [7, 11) is 0. The smallest absolute Gasteiger partial charge is 0.306 e. The third kappa shape index (κ3) is 36.1. The molecule has 0 heterocycles. The van der Waals surface area contributed by atoms with E-state index in [1.54, 1.807) is 0 Å². The summed E-state index contributed by atoms with van der Waals surface area (Å²) >= 11 is 0. The molecule has 0 bridgehead atoms. The van der Waals surface area contributed by atoms with E-state index in [4.69, 9.17) is 14.2 Å². The van der Waals surface area contributed by atoms with Crippen molar-refractivity contribution >= 4 is 17.9 Å². The summed E-state index contributed by atoms with van der Waals surface area (Å²) in [4.78, 5) is 37.4. The Morgan fingerprint density at radius 3 is 1.28 bits per heavy atom. The van der Waals surface area contributed by atoms with E-state index >= 15 is 0 Å². The van der Waals surface area contributed by atoms with Crippen LogP contribution in [0.4, 0.5) is 0 Å². The molecule has 284 valence electrons. The highest BCUT2D eigenvalue weighted by molar-refractivity contribution is 5.71. The van der Waals surface area contributed by atoms with Gasteiger partial charge in [0.1, 0.15) is 13.2 Å². The molecule has 0 rings (SSSR count). The van der Waals surface area contributed by atoms with Crippen LogP contribution in [0, 0.1) is 0 Å². The van der Waals surface area contributed by atoms with Gasteiger partial charge in [-0.25, -0.2) is 0 Å². The number of rotatable bonds is 34. The SMILES string of the molecule is CC/C=C\C/C=C\C/C=C\CCCCC(=O)OCC(COC(=O)CCCC/C=C\C/C=C\CC)OC(=O)CCCCCCC/C=C\CCCC. The molecule has 1 atom stereocenters. The lowest BCUT2D eigenvalue weighted by Crippen LogP contribution is -2.30. The Hall–Kier alpha value is -3.15. The number of hydrogen-bond donors (Lipinski definition) is 0. The summed E-state index contributed by atoms with van der Waals surface area (Å²) < 4.78 is 16.5. The largest absolute Gasteiger partial charge is 0.462 e. The van der Waals surface area contributed by atoms with Crippen molar-refractivity contribution in [2.45, 2.75) is 175 Å². The molecule has 0 radical (unpaired) electrons. The van der Waals surface area contributed by atoms with Crippen LogP contribution in [0.15, 0.2) is 72.9 Å². The number of esters is 3. The maximum atomic E-state index is 12.6. The lowest BCUT2D eigenvalue weighted by atomic mass is 10.1. The van der Waals surface area contributed by atoms with Crippen molar-refractivity contribution < 1.29 is 28.6 Å². The fourth-order valence-corrected chi connectivity index (χ4v) is 4.94. The normalized spacial score (nSPS) is 12.8. The van der Waals surface area contributed by atoms with Crippen LogP contribution in [0.5, 0.6) is 0 Å². The van der Waals surface area contributed by atoms with Crippen LogP contribution in [0.2, 0.25) is 0 Å². The summed E-state index contributed by atoms with van der Waals surface area (Å²) in [6.45, 7) is 6.24. The Labute approximate surface area is 306 Å².